The summed E-state index contributed by atoms with van der Waals surface area (Å²) in [5.41, 5.74) is 0.506. The van der Waals surface area contributed by atoms with Crippen molar-refractivity contribution in [2.45, 2.75) is 51.9 Å². The van der Waals surface area contributed by atoms with Gasteiger partial charge in [-0.25, -0.2) is 4.79 Å². The normalized spacial score (nSPS) is 16.2. The van der Waals surface area contributed by atoms with Crippen molar-refractivity contribution >= 4 is 17.5 Å². The molecule has 1 N–H and O–H groups in total. The Kier molecular flexibility index (Phi) is 7.53. The van der Waals surface area contributed by atoms with Gasteiger partial charge < -0.3 is 18.9 Å². The lowest BCUT2D eigenvalue weighted by molar-refractivity contribution is -0.385. The lowest BCUT2D eigenvalue weighted by Crippen LogP contribution is -2.28. The minimum atomic E-state index is -0.588. The van der Waals surface area contributed by atoms with E-state index in [-0.39, 0.29) is 18.4 Å². The van der Waals surface area contributed by atoms with Gasteiger partial charge in [0.1, 0.15) is 29.8 Å². The van der Waals surface area contributed by atoms with Crippen LogP contribution in [0, 0.1) is 10.1 Å². The minimum absolute atomic E-state index is 0.0345. The Morgan fingerprint density at radius 3 is 2.59 bits per heavy atom. The zero-order valence-corrected chi connectivity index (χ0v) is 18.5. The van der Waals surface area contributed by atoms with Crippen LogP contribution in [0.2, 0.25) is 0 Å². The van der Waals surface area contributed by atoms with E-state index in [0.29, 0.717) is 29.4 Å². The number of amides is 1. The highest BCUT2D eigenvalue weighted by atomic mass is 16.6. The highest BCUT2D eigenvalue weighted by Gasteiger charge is 2.19. The van der Waals surface area contributed by atoms with Crippen molar-refractivity contribution < 1.29 is 28.7 Å². The Balaban J connectivity index is 1.65. The molecule has 3 rings (SSSR count). The summed E-state index contributed by atoms with van der Waals surface area (Å²) in [4.78, 5) is 22.6. The van der Waals surface area contributed by atoms with Crippen LogP contribution in [0.15, 0.2) is 42.5 Å². The van der Waals surface area contributed by atoms with Gasteiger partial charge in [0.2, 0.25) is 0 Å². The van der Waals surface area contributed by atoms with Crippen LogP contribution in [0.25, 0.3) is 0 Å². The molecule has 1 heterocycles. The van der Waals surface area contributed by atoms with Crippen molar-refractivity contribution in [3.8, 4) is 11.5 Å². The minimum Gasteiger partial charge on any atom is -0.489 e. The van der Waals surface area contributed by atoms with E-state index >= 15 is 0 Å². The fraction of sp³-hybridized carbons (Fsp3) is 0.435. The van der Waals surface area contributed by atoms with Crippen LogP contribution < -0.4 is 14.8 Å². The predicted octanol–water partition coefficient (Wildman–Crippen LogP) is 5.08. The molecule has 1 unspecified atom stereocenters. The molecule has 1 fully saturated rings. The van der Waals surface area contributed by atoms with Crippen LogP contribution in [-0.2, 0) is 16.1 Å². The van der Waals surface area contributed by atoms with Gasteiger partial charge >= 0.3 is 6.09 Å². The average Bonchev–Trinajstić information content (AvgIpc) is 2.73. The number of benzene rings is 2. The van der Waals surface area contributed by atoms with E-state index in [1.165, 1.54) is 12.1 Å². The van der Waals surface area contributed by atoms with Gasteiger partial charge in [-0.1, -0.05) is 0 Å². The van der Waals surface area contributed by atoms with E-state index in [0.717, 1.165) is 19.4 Å². The number of anilines is 1. The zero-order chi connectivity index (χ0) is 23.1. The van der Waals surface area contributed by atoms with Gasteiger partial charge in [-0.2, -0.15) is 0 Å². The van der Waals surface area contributed by atoms with E-state index in [9.17, 15) is 14.9 Å². The molecule has 0 saturated carbocycles. The molecule has 0 bridgehead atoms. The summed E-state index contributed by atoms with van der Waals surface area (Å²) in [6, 6.07) is 11.2. The van der Waals surface area contributed by atoms with Gasteiger partial charge in [0.15, 0.2) is 0 Å². The molecule has 0 aromatic heterocycles. The summed E-state index contributed by atoms with van der Waals surface area (Å²) in [5.74, 6) is 1.08. The van der Waals surface area contributed by atoms with Gasteiger partial charge in [-0.05, 0) is 63.9 Å². The third-order valence-corrected chi connectivity index (χ3v) is 4.56. The number of carbonyl (C=O) groups is 1. The topological polar surface area (TPSA) is 109 Å². The largest absolute Gasteiger partial charge is 0.489 e. The van der Waals surface area contributed by atoms with E-state index in [1.54, 1.807) is 51.1 Å². The second-order valence-corrected chi connectivity index (χ2v) is 8.45. The predicted molar refractivity (Wildman–Crippen MR) is 118 cm³/mol. The Morgan fingerprint density at radius 1 is 1.22 bits per heavy atom. The highest BCUT2D eigenvalue weighted by molar-refractivity contribution is 5.84. The monoisotopic (exact) mass is 444 g/mol. The lowest BCUT2D eigenvalue weighted by atomic mass is 10.1. The Bertz CT molecular complexity index is 932. The van der Waals surface area contributed by atoms with Crippen molar-refractivity contribution in [3.05, 3.63) is 58.1 Å². The first-order valence-electron chi connectivity index (χ1n) is 10.4. The molecule has 2 aromatic rings. The maximum absolute atomic E-state index is 11.9. The number of nitro benzene ring substituents is 1. The second kappa shape index (κ2) is 10.3. The van der Waals surface area contributed by atoms with Crippen LogP contribution in [0.3, 0.4) is 0 Å². The van der Waals surface area contributed by atoms with Crippen LogP contribution in [0.5, 0.6) is 11.5 Å². The van der Waals surface area contributed by atoms with Crippen molar-refractivity contribution in [2.24, 2.45) is 0 Å². The molecule has 0 spiro atoms. The standard InChI is InChI=1S/C23H28N2O7/c1-23(2,3)32-22(26)24-17-6-9-19(10-7-17)30-14-16-13-18(25(27)28)8-11-21(16)31-20-5-4-12-29-15-20/h6-11,13,20H,4-5,12,14-15H2,1-3H3,(H,24,26). The number of carbonyl (C=O) groups excluding carboxylic acids is 1. The maximum atomic E-state index is 11.9. The first kappa shape index (κ1) is 23.3. The Morgan fingerprint density at radius 2 is 1.97 bits per heavy atom. The fourth-order valence-electron chi connectivity index (χ4n) is 3.11. The maximum Gasteiger partial charge on any atom is 0.412 e. The van der Waals surface area contributed by atoms with Crippen molar-refractivity contribution in [3.63, 3.8) is 0 Å². The number of rotatable bonds is 7. The SMILES string of the molecule is CC(C)(C)OC(=O)Nc1ccc(OCc2cc([N+](=O)[O-])ccc2OC2CCCOC2)cc1. The number of nitro groups is 1. The number of nitrogens with one attached hydrogen (secondary N) is 1. The summed E-state index contributed by atoms with van der Waals surface area (Å²) in [6.45, 7) is 6.66. The van der Waals surface area contributed by atoms with Crippen LogP contribution >= 0.6 is 0 Å². The van der Waals surface area contributed by atoms with Gasteiger partial charge in [0.25, 0.3) is 5.69 Å². The lowest BCUT2D eigenvalue weighted by Gasteiger charge is -2.24. The van der Waals surface area contributed by atoms with E-state index in [2.05, 4.69) is 5.32 Å². The number of non-ortho nitro benzene ring substituents is 1. The summed E-state index contributed by atoms with van der Waals surface area (Å²) in [7, 11) is 0. The molecule has 0 aliphatic carbocycles. The molecule has 1 aliphatic heterocycles. The molecular formula is C23H28N2O7. The zero-order valence-electron chi connectivity index (χ0n) is 18.5. The molecule has 172 valence electrons. The third-order valence-electron chi connectivity index (χ3n) is 4.56. The Labute approximate surface area is 186 Å². The van der Waals surface area contributed by atoms with E-state index in [4.69, 9.17) is 18.9 Å². The summed E-state index contributed by atoms with van der Waals surface area (Å²) in [5, 5.41) is 13.9. The van der Waals surface area contributed by atoms with Crippen molar-refractivity contribution in [1.29, 1.82) is 0 Å². The molecule has 1 atom stereocenters. The van der Waals surface area contributed by atoms with E-state index < -0.39 is 16.6 Å². The molecule has 32 heavy (non-hydrogen) atoms. The molecule has 2 aromatic carbocycles. The number of hydrogen-bond donors (Lipinski definition) is 1. The van der Waals surface area contributed by atoms with Gasteiger partial charge in [-0.3, -0.25) is 15.4 Å². The molecule has 1 amide bonds. The van der Waals surface area contributed by atoms with Gasteiger partial charge in [0.05, 0.1) is 11.5 Å². The third kappa shape index (κ3) is 7.12. The quantitative estimate of drug-likeness (QED) is 0.468. The van der Waals surface area contributed by atoms with Crippen LogP contribution in [-0.4, -0.2) is 35.9 Å². The summed E-state index contributed by atoms with van der Waals surface area (Å²) in [6.07, 6.45) is 1.13. The summed E-state index contributed by atoms with van der Waals surface area (Å²) < 4.78 is 22.5. The highest BCUT2D eigenvalue weighted by Crippen LogP contribution is 2.28. The van der Waals surface area contributed by atoms with Crippen molar-refractivity contribution in [1.82, 2.24) is 0 Å². The molecule has 9 nitrogen and oxygen atoms in total. The van der Waals surface area contributed by atoms with E-state index in [1.807, 2.05) is 0 Å². The number of hydrogen-bond acceptors (Lipinski definition) is 7. The first-order chi connectivity index (χ1) is 15.2. The molecule has 1 aliphatic rings. The molecule has 0 radical (unpaired) electrons. The van der Waals surface area contributed by atoms with Gasteiger partial charge in [0, 0.05) is 30.0 Å². The van der Waals surface area contributed by atoms with Crippen LogP contribution in [0.4, 0.5) is 16.2 Å². The fourth-order valence-corrected chi connectivity index (χ4v) is 3.11. The number of nitrogens with zero attached hydrogens (tertiary/aromatic N) is 1. The molecular weight excluding hydrogens is 416 g/mol. The Hall–Kier alpha value is -3.33. The molecule has 9 heteroatoms. The smallest absolute Gasteiger partial charge is 0.412 e. The first-order valence-corrected chi connectivity index (χ1v) is 10.4. The number of ether oxygens (including phenoxy) is 4. The molecule has 1 saturated heterocycles. The second-order valence-electron chi connectivity index (χ2n) is 8.45. The summed E-state index contributed by atoms with van der Waals surface area (Å²) >= 11 is 0. The van der Waals surface area contributed by atoms with Crippen molar-refractivity contribution in [2.75, 3.05) is 18.5 Å². The average molecular weight is 444 g/mol. The van der Waals surface area contributed by atoms with Gasteiger partial charge in [-0.15, -0.1) is 0 Å². The van der Waals surface area contributed by atoms with Crippen LogP contribution in [0.1, 0.15) is 39.2 Å².